The first-order valence-corrected chi connectivity index (χ1v) is 12.6. The van der Waals surface area contributed by atoms with Crippen LogP contribution < -0.4 is 15.8 Å². The van der Waals surface area contributed by atoms with Crippen LogP contribution in [0.25, 0.3) is 10.2 Å². The van der Waals surface area contributed by atoms with Gasteiger partial charge in [-0.25, -0.2) is 4.98 Å². The average molecular weight is 457 g/mol. The molecule has 8 heteroatoms. The Morgan fingerprint density at radius 2 is 2.06 bits per heavy atom. The number of hydrogen-bond donors (Lipinski definition) is 2. The average Bonchev–Trinajstić information content (AvgIpc) is 3.32. The molecule has 0 unspecified atom stereocenters. The summed E-state index contributed by atoms with van der Waals surface area (Å²) in [5, 5.41) is 3.76. The molecule has 0 radical (unpaired) electrons. The zero-order valence-corrected chi connectivity index (χ0v) is 19.6. The van der Waals surface area contributed by atoms with Crippen molar-refractivity contribution in [2.75, 3.05) is 31.3 Å². The van der Waals surface area contributed by atoms with Gasteiger partial charge in [-0.1, -0.05) is 12.1 Å². The predicted octanol–water partition coefficient (Wildman–Crippen LogP) is 3.52. The second-order valence-corrected chi connectivity index (χ2v) is 10.1. The normalized spacial score (nSPS) is 12.8. The van der Waals surface area contributed by atoms with E-state index in [9.17, 15) is 9.59 Å². The standard InChI is InChI=1S/C23H28N4O2S2/c1-27(2)16-10-8-15(9-11-16)5-4-12-24-20(28)14-30-13-19-25-22(29)21-17-6-3-7-18(17)31-23(21)26-19/h8-11H,3-7,12-14H2,1-2H3,(H,24,28)(H,25,26,29). The molecule has 1 aromatic carbocycles. The number of fused-ring (bicyclic) bond motifs is 3. The van der Waals surface area contributed by atoms with Crippen LogP contribution in [-0.4, -0.2) is 42.3 Å². The lowest BCUT2D eigenvalue weighted by atomic mass is 10.1. The molecule has 3 aromatic rings. The van der Waals surface area contributed by atoms with Gasteiger partial charge < -0.3 is 15.2 Å². The molecule has 31 heavy (non-hydrogen) atoms. The van der Waals surface area contributed by atoms with Gasteiger partial charge in [-0.05, 0) is 55.4 Å². The van der Waals surface area contributed by atoms with E-state index in [2.05, 4.69) is 44.5 Å². The van der Waals surface area contributed by atoms with Crippen molar-refractivity contribution in [2.24, 2.45) is 0 Å². The van der Waals surface area contributed by atoms with Gasteiger partial charge in [-0.3, -0.25) is 9.59 Å². The number of benzene rings is 1. The molecule has 1 aliphatic rings. The Balaban J connectivity index is 1.19. The fourth-order valence-corrected chi connectivity index (χ4v) is 5.89. The SMILES string of the molecule is CN(C)c1ccc(CCCNC(=O)CSCc2nc3sc4c(c3c(=O)[nH]2)CCC4)cc1. The molecular formula is C23H28N4O2S2. The molecule has 0 bridgehead atoms. The van der Waals surface area contributed by atoms with Crippen LogP contribution in [0, 0.1) is 0 Å². The Bertz CT molecular complexity index is 1120. The lowest BCUT2D eigenvalue weighted by molar-refractivity contribution is -0.118. The lowest BCUT2D eigenvalue weighted by Gasteiger charge is -2.12. The zero-order valence-electron chi connectivity index (χ0n) is 18.0. The van der Waals surface area contributed by atoms with Gasteiger partial charge in [0, 0.05) is 31.2 Å². The summed E-state index contributed by atoms with van der Waals surface area (Å²) in [6.07, 6.45) is 5.02. The molecule has 4 rings (SSSR count). The van der Waals surface area contributed by atoms with Gasteiger partial charge in [0.05, 0.1) is 16.9 Å². The van der Waals surface area contributed by atoms with Crippen LogP contribution in [0.5, 0.6) is 0 Å². The minimum Gasteiger partial charge on any atom is -0.378 e. The van der Waals surface area contributed by atoms with E-state index in [0.29, 0.717) is 23.9 Å². The molecule has 0 saturated heterocycles. The monoisotopic (exact) mass is 456 g/mol. The molecule has 164 valence electrons. The zero-order chi connectivity index (χ0) is 21.8. The van der Waals surface area contributed by atoms with Crippen LogP contribution in [0.1, 0.15) is 34.7 Å². The number of carbonyl (C=O) groups excluding carboxylic acids is 1. The summed E-state index contributed by atoms with van der Waals surface area (Å²) in [5.41, 5.74) is 3.62. The summed E-state index contributed by atoms with van der Waals surface area (Å²) < 4.78 is 0. The Labute approximate surface area is 190 Å². The number of aryl methyl sites for hydroxylation is 3. The molecule has 6 nitrogen and oxygen atoms in total. The van der Waals surface area contributed by atoms with E-state index < -0.39 is 0 Å². The molecule has 1 amide bonds. The number of aromatic amines is 1. The summed E-state index contributed by atoms with van der Waals surface area (Å²) in [6, 6.07) is 8.51. The third-order valence-electron chi connectivity index (χ3n) is 5.51. The third kappa shape index (κ3) is 5.30. The van der Waals surface area contributed by atoms with E-state index in [1.807, 2.05) is 14.1 Å². The van der Waals surface area contributed by atoms with Crippen molar-refractivity contribution in [3.8, 4) is 0 Å². The summed E-state index contributed by atoms with van der Waals surface area (Å²) in [4.78, 5) is 36.4. The highest BCUT2D eigenvalue weighted by molar-refractivity contribution is 7.99. The van der Waals surface area contributed by atoms with Gasteiger partial charge in [-0.15, -0.1) is 23.1 Å². The molecule has 1 aliphatic carbocycles. The smallest absolute Gasteiger partial charge is 0.259 e. The van der Waals surface area contributed by atoms with Gasteiger partial charge >= 0.3 is 0 Å². The predicted molar refractivity (Wildman–Crippen MR) is 131 cm³/mol. The highest BCUT2D eigenvalue weighted by atomic mass is 32.2. The summed E-state index contributed by atoms with van der Waals surface area (Å²) >= 11 is 3.12. The number of thiophene rings is 1. The first-order chi connectivity index (χ1) is 15.0. The number of nitrogens with zero attached hydrogens (tertiary/aromatic N) is 2. The second-order valence-electron chi connectivity index (χ2n) is 8.06. The molecular weight excluding hydrogens is 428 g/mol. The number of H-pyrrole nitrogens is 1. The Morgan fingerprint density at radius 3 is 2.84 bits per heavy atom. The third-order valence-corrected chi connectivity index (χ3v) is 7.64. The van der Waals surface area contributed by atoms with Crippen LogP contribution in [0.2, 0.25) is 0 Å². The highest BCUT2D eigenvalue weighted by Crippen LogP contribution is 2.34. The van der Waals surface area contributed by atoms with Gasteiger partial charge in [0.15, 0.2) is 0 Å². The highest BCUT2D eigenvalue weighted by Gasteiger charge is 2.21. The number of anilines is 1. The maximum absolute atomic E-state index is 12.5. The van der Waals surface area contributed by atoms with E-state index >= 15 is 0 Å². The first-order valence-electron chi connectivity index (χ1n) is 10.7. The first kappa shape index (κ1) is 21.9. The molecule has 0 fully saturated rings. The second kappa shape index (κ2) is 9.87. The number of thioether (sulfide) groups is 1. The summed E-state index contributed by atoms with van der Waals surface area (Å²) in [6.45, 7) is 0.663. The molecule has 2 heterocycles. The van der Waals surface area contributed by atoms with Crippen LogP contribution in [0.4, 0.5) is 5.69 Å². The summed E-state index contributed by atoms with van der Waals surface area (Å²) in [7, 11) is 4.06. The van der Waals surface area contributed by atoms with Crippen LogP contribution in [-0.2, 0) is 29.8 Å². The van der Waals surface area contributed by atoms with Crippen molar-refractivity contribution in [1.29, 1.82) is 0 Å². The lowest BCUT2D eigenvalue weighted by Crippen LogP contribution is -2.26. The number of nitrogens with one attached hydrogen (secondary N) is 2. The summed E-state index contributed by atoms with van der Waals surface area (Å²) in [5.74, 6) is 1.56. The van der Waals surface area contributed by atoms with Crippen molar-refractivity contribution in [3.63, 3.8) is 0 Å². The van der Waals surface area contributed by atoms with Gasteiger partial charge in [0.1, 0.15) is 10.7 Å². The van der Waals surface area contributed by atoms with Crippen molar-refractivity contribution >= 4 is 44.9 Å². The molecule has 0 aliphatic heterocycles. The Hall–Kier alpha value is -2.32. The fraction of sp³-hybridized carbons (Fsp3) is 0.435. The van der Waals surface area contributed by atoms with E-state index in [1.54, 1.807) is 11.3 Å². The topological polar surface area (TPSA) is 78.1 Å². The molecule has 0 saturated carbocycles. The number of amides is 1. The Morgan fingerprint density at radius 1 is 1.26 bits per heavy atom. The van der Waals surface area contributed by atoms with Crippen molar-refractivity contribution in [1.82, 2.24) is 15.3 Å². The van der Waals surface area contributed by atoms with Crippen molar-refractivity contribution in [2.45, 2.75) is 37.9 Å². The minimum absolute atomic E-state index is 0.0199. The largest absolute Gasteiger partial charge is 0.378 e. The number of aromatic nitrogens is 2. The van der Waals surface area contributed by atoms with Crippen molar-refractivity contribution < 1.29 is 4.79 Å². The Kier molecular flexibility index (Phi) is 6.97. The maximum Gasteiger partial charge on any atom is 0.259 e. The molecule has 0 atom stereocenters. The molecule has 0 spiro atoms. The number of hydrogen-bond acceptors (Lipinski definition) is 6. The van der Waals surface area contributed by atoms with Crippen LogP contribution >= 0.6 is 23.1 Å². The van der Waals surface area contributed by atoms with Crippen LogP contribution in [0.3, 0.4) is 0 Å². The van der Waals surface area contributed by atoms with E-state index in [-0.39, 0.29) is 11.5 Å². The minimum atomic E-state index is -0.0388. The van der Waals surface area contributed by atoms with Crippen LogP contribution in [0.15, 0.2) is 29.1 Å². The quantitative estimate of drug-likeness (QED) is 0.482. The fourth-order valence-electron chi connectivity index (χ4n) is 3.89. The molecule has 2 aromatic heterocycles. The number of carbonyl (C=O) groups is 1. The van der Waals surface area contributed by atoms with Crippen molar-refractivity contribution in [3.05, 3.63) is 56.4 Å². The van der Waals surface area contributed by atoms with Gasteiger partial charge in [-0.2, -0.15) is 0 Å². The van der Waals surface area contributed by atoms with E-state index in [0.717, 1.165) is 42.3 Å². The van der Waals surface area contributed by atoms with Gasteiger partial charge in [0.25, 0.3) is 5.56 Å². The van der Waals surface area contributed by atoms with E-state index in [4.69, 9.17) is 0 Å². The maximum atomic E-state index is 12.5. The number of rotatable bonds is 9. The van der Waals surface area contributed by atoms with E-state index in [1.165, 1.54) is 33.5 Å². The molecule has 2 N–H and O–H groups in total. The van der Waals surface area contributed by atoms with Gasteiger partial charge in [0.2, 0.25) is 5.91 Å².